The fourth-order valence-corrected chi connectivity index (χ4v) is 2.70. The molecule has 2 aromatic heterocycles. The smallest absolute Gasteiger partial charge is 0.133 e. The molecule has 0 amide bonds. The van der Waals surface area contributed by atoms with E-state index < -0.39 is 0 Å². The molecule has 1 aromatic carbocycles. The summed E-state index contributed by atoms with van der Waals surface area (Å²) in [6.45, 7) is 8.61. The molecule has 0 unspecified atom stereocenters. The Balaban J connectivity index is 1.86. The number of pyridine rings is 1. The number of rotatable bonds is 4. The van der Waals surface area contributed by atoms with Crippen LogP contribution in [0.1, 0.15) is 37.7 Å². The van der Waals surface area contributed by atoms with Crippen molar-refractivity contribution in [3.8, 4) is 11.3 Å². The Labute approximate surface area is 149 Å². The second-order valence-corrected chi connectivity index (χ2v) is 7.29. The summed E-state index contributed by atoms with van der Waals surface area (Å²) < 4.78 is 0. The van der Waals surface area contributed by atoms with Crippen LogP contribution < -0.4 is 5.32 Å². The zero-order valence-electron chi connectivity index (χ0n) is 15.2. The molecule has 0 aliphatic rings. The predicted molar refractivity (Wildman–Crippen MR) is 103 cm³/mol. The van der Waals surface area contributed by atoms with E-state index in [-0.39, 0.29) is 5.54 Å². The van der Waals surface area contributed by atoms with Gasteiger partial charge in [-0.25, -0.2) is 9.97 Å². The summed E-state index contributed by atoms with van der Waals surface area (Å²) in [5.74, 6) is 0.817. The Kier molecular flexibility index (Phi) is 4.79. The minimum atomic E-state index is 0.0310. The maximum absolute atomic E-state index is 4.71. The number of hydrogen-bond donors (Lipinski definition) is 1. The first kappa shape index (κ1) is 17.1. The van der Waals surface area contributed by atoms with E-state index in [1.165, 1.54) is 11.1 Å². The van der Waals surface area contributed by atoms with E-state index in [9.17, 15) is 0 Å². The lowest BCUT2D eigenvalue weighted by Gasteiger charge is -2.23. The summed E-state index contributed by atoms with van der Waals surface area (Å²) in [7, 11) is 0. The van der Waals surface area contributed by atoms with Crippen LogP contribution >= 0.6 is 0 Å². The molecule has 0 fully saturated rings. The maximum atomic E-state index is 4.71. The highest BCUT2D eigenvalue weighted by molar-refractivity contribution is 5.57. The summed E-state index contributed by atoms with van der Waals surface area (Å²) in [4.78, 5) is 13.3. The number of anilines is 1. The van der Waals surface area contributed by atoms with Gasteiger partial charge in [-0.15, -0.1) is 0 Å². The van der Waals surface area contributed by atoms with Crippen LogP contribution in [0.3, 0.4) is 0 Å². The van der Waals surface area contributed by atoms with Gasteiger partial charge in [0.25, 0.3) is 0 Å². The SMILES string of the molecule is Cc1ccc(NC(C)(C)C)cc1Cc1nccc(-c2cccnc2)n1. The lowest BCUT2D eigenvalue weighted by molar-refractivity contribution is 0.634. The minimum absolute atomic E-state index is 0.0310. The van der Waals surface area contributed by atoms with Gasteiger partial charge >= 0.3 is 0 Å². The van der Waals surface area contributed by atoms with Crippen LogP contribution in [0.15, 0.2) is 55.0 Å². The van der Waals surface area contributed by atoms with Gasteiger partial charge in [-0.1, -0.05) is 6.07 Å². The summed E-state index contributed by atoms with van der Waals surface area (Å²) in [6, 6.07) is 12.3. The van der Waals surface area contributed by atoms with E-state index in [0.29, 0.717) is 6.42 Å². The lowest BCUT2D eigenvalue weighted by atomic mass is 10.0. The summed E-state index contributed by atoms with van der Waals surface area (Å²) >= 11 is 0. The van der Waals surface area contributed by atoms with E-state index in [1.807, 2.05) is 30.6 Å². The third-order valence-electron chi connectivity index (χ3n) is 3.88. The number of nitrogens with zero attached hydrogens (tertiary/aromatic N) is 3. The molecule has 4 nitrogen and oxygen atoms in total. The normalized spacial score (nSPS) is 11.4. The van der Waals surface area contributed by atoms with Gasteiger partial charge < -0.3 is 5.32 Å². The number of aromatic nitrogens is 3. The third kappa shape index (κ3) is 4.63. The van der Waals surface area contributed by atoms with Gasteiger partial charge in [0, 0.05) is 41.8 Å². The van der Waals surface area contributed by atoms with Gasteiger partial charge in [0.1, 0.15) is 5.82 Å². The number of nitrogens with one attached hydrogen (secondary N) is 1. The van der Waals surface area contributed by atoms with E-state index in [1.54, 1.807) is 6.20 Å². The van der Waals surface area contributed by atoms with Crippen molar-refractivity contribution in [3.63, 3.8) is 0 Å². The van der Waals surface area contributed by atoms with E-state index in [4.69, 9.17) is 4.98 Å². The fraction of sp³-hybridized carbons (Fsp3) is 0.286. The van der Waals surface area contributed by atoms with Crippen LogP contribution in [-0.4, -0.2) is 20.5 Å². The average Bonchev–Trinajstić information content (AvgIpc) is 2.58. The molecular weight excluding hydrogens is 308 g/mol. The molecular formula is C21H24N4. The average molecular weight is 332 g/mol. The molecule has 0 radical (unpaired) electrons. The van der Waals surface area contributed by atoms with E-state index in [0.717, 1.165) is 22.8 Å². The van der Waals surface area contributed by atoms with Crippen molar-refractivity contribution in [3.05, 3.63) is 71.9 Å². The highest BCUT2D eigenvalue weighted by atomic mass is 14.9. The highest BCUT2D eigenvalue weighted by Crippen LogP contribution is 2.21. The number of hydrogen-bond acceptors (Lipinski definition) is 4. The van der Waals surface area contributed by atoms with E-state index in [2.05, 4.69) is 61.2 Å². The van der Waals surface area contributed by atoms with Crippen molar-refractivity contribution < 1.29 is 0 Å². The van der Waals surface area contributed by atoms with Gasteiger partial charge in [0.15, 0.2) is 0 Å². The zero-order valence-corrected chi connectivity index (χ0v) is 15.2. The predicted octanol–water partition coefficient (Wildman–Crippen LogP) is 4.65. The second kappa shape index (κ2) is 7.01. The summed E-state index contributed by atoms with van der Waals surface area (Å²) in [6.07, 6.45) is 6.12. The monoisotopic (exact) mass is 332 g/mol. The molecule has 3 rings (SSSR count). The molecule has 0 bridgehead atoms. The molecule has 0 aliphatic heterocycles. The van der Waals surface area contributed by atoms with Crippen molar-refractivity contribution in [1.29, 1.82) is 0 Å². The van der Waals surface area contributed by atoms with Crippen molar-refractivity contribution in [2.45, 2.75) is 39.7 Å². The van der Waals surface area contributed by atoms with Crippen LogP contribution in [0.5, 0.6) is 0 Å². The van der Waals surface area contributed by atoms with Crippen molar-refractivity contribution in [2.75, 3.05) is 5.32 Å². The van der Waals surface area contributed by atoms with Crippen LogP contribution in [-0.2, 0) is 6.42 Å². The maximum Gasteiger partial charge on any atom is 0.133 e. The molecule has 0 saturated carbocycles. The van der Waals surface area contributed by atoms with Crippen LogP contribution in [0, 0.1) is 6.92 Å². The summed E-state index contributed by atoms with van der Waals surface area (Å²) in [5.41, 5.74) is 5.54. The molecule has 4 heteroatoms. The quantitative estimate of drug-likeness (QED) is 0.755. The highest BCUT2D eigenvalue weighted by Gasteiger charge is 2.11. The van der Waals surface area contributed by atoms with Crippen LogP contribution in [0.4, 0.5) is 5.69 Å². The molecule has 0 aliphatic carbocycles. The summed E-state index contributed by atoms with van der Waals surface area (Å²) in [5, 5.41) is 3.52. The van der Waals surface area contributed by atoms with Crippen LogP contribution in [0.25, 0.3) is 11.3 Å². The van der Waals surface area contributed by atoms with E-state index >= 15 is 0 Å². The molecule has 25 heavy (non-hydrogen) atoms. The van der Waals surface area contributed by atoms with Crippen LogP contribution in [0.2, 0.25) is 0 Å². The first-order chi connectivity index (χ1) is 11.9. The zero-order chi connectivity index (χ0) is 17.9. The third-order valence-corrected chi connectivity index (χ3v) is 3.88. The number of benzene rings is 1. The second-order valence-electron chi connectivity index (χ2n) is 7.29. The Morgan fingerprint density at radius 2 is 1.88 bits per heavy atom. The molecule has 2 heterocycles. The number of aryl methyl sites for hydroxylation is 1. The van der Waals surface area contributed by atoms with Crippen molar-refractivity contribution >= 4 is 5.69 Å². The molecule has 128 valence electrons. The molecule has 3 aromatic rings. The van der Waals surface area contributed by atoms with Gasteiger partial charge in [-0.05, 0) is 69.2 Å². The minimum Gasteiger partial charge on any atom is -0.380 e. The Morgan fingerprint density at radius 1 is 1.04 bits per heavy atom. The Hall–Kier alpha value is -2.75. The van der Waals surface area contributed by atoms with Gasteiger partial charge in [-0.2, -0.15) is 0 Å². The fourth-order valence-electron chi connectivity index (χ4n) is 2.70. The molecule has 1 N–H and O–H groups in total. The van der Waals surface area contributed by atoms with Gasteiger partial charge in [0.2, 0.25) is 0 Å². The molecule has 0 saturated heterocycles. The Morgan fingerprint density at radius 3 is 2.60 bits per heavy atom. The lowest BCUT2D eigenvalue weighted by Crippen LogP contribution is -2.26. The molecule has 0 spiro atoms. The van der Waals surface area contributed by atoms with Gasteiger partial charge in [0.05, 0.1) is 5.69 Å². The van der Waals surface area contributed by atoms with Crippen molar-refractivity contribution in [2.24, 2.45) is 0 Å². The van der Waals surface area contributed by atoms with Crippen molar-refractivity contribution in [1.82, 2.24) is 15.0 Å². The first-order valence-electron chi connectivity index (χ1n) is 8.51. The van der Waals surface area contributed by atoms with Gasteiger partial charge in [-0.3, -0.25) is 4.98 Å². The molecule has 0 atom stereocenters. The standard InChI is InChI=1S/C21H24N4/c1-15-7-8-18(25-21(2,3)4)12-17(15)13-20-23-11-9-19(24-20)16-6-5-10-22-14-16/h5-12,14,25H,13H2,1-4H3. The topological polar surface area (TPSA) is 50.7 Å². The largest absolute Gasteiger partial charge is 0.380 e. The first-order valence-corrected chi connectivity index (χ1v) is 8.51. The Bertz CT molecular complexity index is 851.